The molecule has 1 amide bonds. The summed E-state index contributed by atoms with van der Waals surface area (Å²) < 4.78 is 45.2. The first-order valence-corrected chi connectivity index (χ1v) is 9.97. The van der Waals surface area contributed by atoms with Crippen LogP contribution in [-0.2, 0) is 12.7 Å². The molecule has 1 aromatic heterocycles. The average molecular weight is 430 g/mol. The lowest BCUT2D eigenvalue weighted by Crippen LogP contribution is -2.36. The number of rotatable bonds is 4. The molecule has 1 aliphatic rings. The van der Waals surface area contributed by atoms with Crippen molar-refractivity contribution in [2.75, 3.05) is 26.2 Å². The molecule has 0 N–H and O–H groups in total. The number of carbonyl (C=O) groups is 1. The summed E-state index contributed by atoms with van der Waals surface area (Å²) in [5, 5.41) is 4.02. The smallest absolute Gasteiger partial charge is 0.337 e. The largest absolute Gasteiger partial charge is 0.417 e. The highest BCUT2D eigenvalue weighted by molar-refractivity contribution is 5.96. The zero-order valence-corrected chi connectivity index (χ0v) is 16.7. The molecule has 2 heterocycles. The lowest BCUT2D eigenvalue weighted by molar-refractivity contribution is -0.138. The van der Waals surface area contributed by atoms with Crippen molar-refractivity contribution in [1.82, 2.24) is 19.9 Å². The van der Waals surface area contributed by atoms with Crippen LogP contribution >= 0.6 is 0 Å². The Morgan fingerprint density at radius 1 is 0.968 bits per heavy atom. The summed E-state index contributed by atoms with van der Waals surface area (Å²) in [6.45, 7) is 2.35. The maximum Gasteiger partial charge on any atom is 0.417 e. The fraction of sp³-hybridized carbons (Fsp3) is 0.318. The fourth-order valence-electron chi connectivity index (χ4n) is 3.64. The molecular formula is C22H21F3N4O2. The minimum Gasteiger partial charge on any atom is -0.337 e. The predicted octanol–water partition coefficient (Wildman–Crippen LogP) is 4.10. The van der Waals surface area contributed by atoms with Crippen molar-refractivity contribution in [2.24, 2.45) is 0 Å². The SMILES string of the molecule is O=C(c1ccccc1C(F)(F)F)N1CCCN(Cc2noc(-c3ccccc3)n2)CC1. The summed E-state index contributed by atoms with van der Waals surface area (Å²) in [5.74, 6) is 0.368. The van der Waals surface area contributed by atoms with Gasteiger partial charge in [0.05, 0.1) is 17.7 Å². The van der Waals surface area contributed by atoms with E-state index in [0.29, 0.717) is 50.9 Å². The molecule has 0 saturated carbocycles. The van der Waals surface area contributed by atoms with Crippen molar-refractivity contribution in [2.45, 2.75) is 19.1 Å². The number of hydrogen-bond donors (Lipinski definition) is 0. The zero-order valence-electron chi connectivity index (χ0n) is 16.7. The number of carbonyl (C=O) groups excluding carboxylic acids is 1. The van der Waals surface area contributed by atoms with Gasteiger partial charge in [-0.1, -0.05) is 35.5 Å². The van der Waals surface area contributed by atoms with E-state index in [0.717, 1.165) is 11.6 Å². The highest BCUT2D eigenvalue weighted by Gasteiger charge is 2.36. The highest BCUT2D eigenvalue weighted by atomic mass is 19.4. The Bertz CT molecular complexity index is 1040. The van der Waals surface area contributed by atoms with Crippen molar-refractivity contribution in [3.05, 3.63) is 71.5 Å². The van der Waals surface area contributed by atoms with Gasteiger partial charge in [0.2, 0.25) is 0 Å². The molecule has 0 atom stereocenters. The van der Waals surface area contributed by atoms with E-state index in [9.17, 15) is 18.0 Å². The van der Waals surface area contributed by atoms with Gasteiger partial charge >= 0.3 is 6.18 Å². The monoisotopic (exact) mass is 430 g/mol. The summed E-state index contributed by atoms with van der Waals surface area (Å²) in [6.07, 6.45) is -3.93. The van der Waals surface area contributed by atoms with Gasteiger partial charge in [0.15, 0.2) is 5.82 Å². The second kappa shape index (κ2) is 8.89. The Labute approximate surface area is 177 Å². The second-order valence-electron chi connectivity index (χ2n) is 7.35. The molecule has 1 aliphatic heterocycles. The van der Waals surface area contributed by atoms with Crippen LogP contribution in [0.2, 0.25) is 0 Å². The molecule has 31 heavy (non-hydrogen) atoms. The molecule has 1 saturated heterocycles. The van der Waals surface area contributed by atoms with E-state index in [2.05, 4.69) is 15.0 Å². The van der Waals surface area contributed by atoms with Crippen molar-refractivity contribution in [1.29, 1.82) is 0 Å². The first-order chi connectivity index (χ1) is 14.9. The van der Waals surface area contributed by atoms with E-state index < -0.39 is 17.6 Å². The normalized spacial score (nSPS) is 15.6. The van der Waals surface area contributed by atoms with Crippen LogP contribution in [0.15, 0.2) is 59.1 Å². The Morgan fingerprint density at radius 3 is 2.48 bits per heavy atom. The lowest BCUT2D eigenvalue weighted by Gasteiger charge is -2.23. The molecule has 9 heteroatoms. The second-order valence-corrected chi connectivity index (χ2v) is 7.35. The quantitative estimate of drug-likeness (QED) is 0.624. The maximum absolute atomic E-state index is 13.3. The number of benzene rings is 2. The summed E-state index contributed by atoms with van der Waals surface area (Å²) >= 11 is 0. The van der Waals surface area contributed by atoms with Gasteiger partial charge in [-0.05, 0) is 30.7 Å². The van der Waals surface area contributed by atoms with Crippen LogP contribution in [0.3, 0.4) is 0 Å². The van der Waals surface area contributed by atoms with Gasteiger partial charge in [0.25, 0.3) is 11.8 Å². The summed E-state index contributed by atoms with van der Waals surface area (Å²) in [7, 11) is 0. The molecule has 3 aromatic rings. The number of nitrogens with zero attached hydrogens (tertiary/aromatic N) is 4. The molecule has 1 fully saturated rings. The molecule has 0 aliphatic carbocycles. The molecule has 4 rings (SSSR count). The van der Waals surface area contributed by atoms with E-state index >= 15 is 0 Å². The third kappa shape index (κ3) is 4.93. The molecule has 162 valence electrons. The maximum atomic E-state index is 13.3. The minimum atomic E-state index is -4.57. The van der Waals surface area contributed by atoms with Crippen LogP contribution < -0.4 is 0 Å². The van der Waals surface area contributed by atoms with E-state index in [1.807, 2.05) is 30.3 Å². The molecule has 0 spiro atoms. The Morgan fingerprint density at radius 2 is 1.71 bits per heavy atom. The minimum absolute atomic E-state index is 0.311. The third-order valence-corrected chi connectivity index (χ3v) is 5.19. The van der Waals surface area contributed by atoms with Gasteiger partial charge in [-0.3, -0.25) is 9.69 Å². The van der Waals surface area contributed by atoms with Crippen molar-refractivity contribution in [3.63, 3.8) is 0 Å². The average Bonchev–Trinajstić information content (AvgIpc) is 3.11. The van der Waals surface area contributed by atoms with E-state index in [-0.39, 0.29) is 5.56 Å². The van der Waals surface area contributed by atoms with Crippen LogP contribution in [0.4, 0.5) is 13.2 Å². The molecule has 6 nitrogen and oxygen atoms in total. The number of alkyl halides is 3. The van der Waals surface area contributed by atoms with Crippen LogP contribution in [0.1, 0.15) is 28.2 Å². The molecule has 0 radical (unpaired) electrons. The summed E-state index contributed by atoms with van der Waals surface area (Å²) in [4.78, 5) is 20.8. The van der Waals surface area contributed by atoms with Crippen LogP contribution in [0.5, 0.6) is 0 Å². The Hall–Kier alpha value is -3.20. The fourth-order valence-corrected chi connectivity index (χ4v) is 3.64. The predicted molar refractivity (Wildman–Crippen MR) is 107 cm³/mol. The van der Waals surface area contributed by atoms with Crippen LogP contribution in [0.25, 0.3) is 11.5 Å². The molecule has 2 aromatic carbocycles. The zero-order chi connectivity index (χ0) is 21.8. The summed E-state index contributed by atoms with van der Waals surface area (Å²) in [5.41, 5.74) is -0.382. The standard InChI is InChI=1S/C22H21F3N4O2/c23-22(24,25)18-10-5-4-9-17(18)21(30)29-12-6-11-28(13-14-29)15-19-26-20(31-27-19)16-7-2-1-3-8-16/h1-5,7-10H,6,11-15H2. The summed E-state index contributed by atoms with van der Waals surface area (Å²) in [6, 6.07) is 14.4. The van der Waals surface area contributed by atoms with Crippen molar-refractivity contribution >= 4 is 5.91 Å². The van der Waals surface area contributed by atoms with Crippen LogP contribution in [0, 0.1) is 0 Å². The first kappa shape index (κ1) is 21.0. The number of aromatic nitrogens is 2. The van der Waals surface area contributed by atoms with Crippen molar-refractivity contribution in [3.8, 4) is 11.5 Å². The topological polar surface area (TPSA) is 62.5 Å². The van der Waals surface area contributed by atoms with Gasteiger partial charge < -0.3 is 9.42 Å². The number of amides is 1. The van der Waals surface area contributed by atoms with Gasteiger partial charge in [0, 0.05) is 31.7 Å². The molecule has 0 unspecified atom stereocenters. The van der Waals surface area contributed by atoms with E-state index in [1.54, 1.807) is 0 Å². The van der Waals surface area contributed by atoms with Gasteiger partial charge in [-0.15, -0.1) is 0 Å². The van der Waals surface area contributed by atoms with E-state index in [4.69, 9.17) is 4.52 Å². The van der Waals surface area contributed by atoms with Gasteiger partial charge in [0.1, 0.15) is 0 Å². The number of halogens is 3. The molecule has 0 bridgehead atoms. The van der Waals surface area contributed by atoms with Crippen LogP contribution in [-0.4, -0.2) is 52.0 Å². The van der Waals surface area contributed by atoms with Crippen molar-refractivity contribution < 1.29 is 22.5 Å². The van der Waals surface area contributed by atoms with E-state index in [1.165, 1.54) is 23.1 Å². The highest BCUT2D eigenvalue weighted by Crippen LogP contribution is 2.32. The Balaban J connectivity index is 1.40. The Kier molecular flexibility index (Phi) is 6.03. The van der Waals surface area contributed by atoms with Gasteiger partial charge in [-0.25, -0.2) is 0 Å². The first-order valence-electron chi connectivity index (χ1n) is 9.97. The third-order valence-electron chi connectivity index (χ3n) is 5.19. The lowest BCUT2D eigenvalue weighted by atomic mass is 10.1. The number of hydrogen-bond acceptors (Lipinski definition) is 5. The van der Waals surface area contributed by atoms with Gasteiger partial charge in [-0.2, -0.15) is 18.2 Å². The molecular weight excluding hydrogens is 409 g/mol.